The van der Waals surface area contributed by atoms with Crippen molar-refractivity contribution in [2.75, 3.05) is 19.0 Å². The summed E-state index contributed by atoms with van der Waals surface area (Å²) >= 11 is 0. The van der Waals surface area contributed by atoms with E-state index in [1.54, 1.807) is 4.68 Å². The Balaban J connectivity index is 1.90. The van der Waals surface area contributed by atoms with E-state index < -0.39 is 0 Å². The smallest absolute Gasteiger partial charge is 0.345 e. The summed E-state index contributed by atoms with van der Waals surface area (Å²) in [7, 11) is 3.96. The Labute approximate surface area is 122 Å². The van der Waals surface area contributed by atoms with Gasteiger partial charge in [0.2, 0.25) is 0 Å². The maximum Gasteiger partial charge on any atom is 0.345 e. The molecule has 1 heterocycles. The van der Waals surface area contributed by atoms with E-state index in [9.17, 15) is 0 Å². The van der Waals surface area contributed by atoms with Crippen LogP contribution in [0.1, 0.15) is 0 Å². The highest BCUT2D eigenvalue weighted by molar-refractivity contribution is 5.50. The molecule has 0 spiro atoms. The van der Waals surface area contributed by atoms with Gasteiger partial charge >= 0.3 is 6.01 Å². The van der Waals surface area contributed by atoms with Crippen LogP contribution in [0.4, 0.5) is 5.69 Å². The number of anilines is 1. The first kappa shape index (κ1) is 13.1. The van der Waals surface area contributed by atoms with Crippen molar-refractivity contribution in [1.29, 1.82) is 0 Å². The van der Waals surface area contributed by atoms with Gasteiger partial charge in [-0.15, -0.1) is 0 Å². The van der Waals surface area contributed by atoms with Crippen molar-refractivity contribution < 1.29 is 4.74 Å². The third-order valence-corrected chi connectivity index (χ3v) is 2.98. The summed E-state index contributed by atoms with van der Waals surface area (Å²) in [5.41, 5.74) is 1.90. The van der Waals surface area contributed by atoms with Crippen LogP contribution in [0, 0.1) is 0 Å². The highest BCUT2D eigenvalue weighted by Gasteiger charge is 2.10. The van der Waals surface area contributed by atoms with Crippen LogP contribution in [-0.2, 0) is 0 Å². The summed E-state index contributed by atoms with van der Waals surface area (Å²) in [4.78, 5) is 2.01. The van der Waals surface area contributed by atoms with Gasteiger partial charge < -0.3 is 9.64 Å². The first-order valence-corrected chi connectivity index (χ1v) is 6.53. The van der Waals surface area contributed by atoms with E-state index in [1.807, 2.05) is 73.6 Å². The Morgan fingerprint density at radius 2 is 1.81 bits per heavy atom. The second kappa shape index (κ2) is 5.62. The SMILES string of the molecule is CN(C)c1cccc(Oc2nnnn2-c2ccccc2)c1. The lowest BCUT2D eigenvalue weighted by Gasteiger charge is -2.13. The molecule has 0 amide bonds. The standard InChI is InChI=1S/C15H15N5O/c1-19(2)13-9-6-10-14(11-13)21-15-16-17-18-20(15)12-7-4-3-5-8-12/h3-11H,1-2H3. The summed E-state index contributed by atoms with van der Waals surface area (Å²) in [6.07, 6.45) is 0. The molecule has 3 aromatic rings. The summed E-state index contributed by atoms with van der Waals surface area (Å²) in [5, 5.41) is 11.6. The summed E-state index contributed by atoms with van der Waals surface area (Å²) in [5.74, 6) is 0.688. The fraction of sp³-hybridized carbons (Fsp3) is 0.133. The number of tetrazole rings is 1. The van der Waals surface area contributed by atoms with E-state index in [1.165, 1.54) is 0 Å². The van der Waals surface area contributed by atoms with Crippen molar-refractivity contribution in [1.82, 2.24) is 20.2 Å². The number of ether oxygens (including phenoxy) is 1. The van der Waals surface area contributed by atoms with E-state index in [0.717, 1.165) is 11.4 Å². The fourth-order valence-corrected chi connectivity index (χ4v) is 1.90. The zero-order valence-electron chi connectivity index (χ0n) is 11.8. The summed E-state index contributed by atoms with van der Waals surface area (Å²) in [6, 6.07) is 17.7. The summed E-state index contributed by atoms with van der Waals surface area (Å²) in [6.45, 7) is 0. The van der Waals surface area contributed by atoms with Gasteiger partial charge in [0, 0.05) is 25.8 Å². The van der Waals surface area contributed by atoms with Crippen LogP contribution < -0.4 is 9.64 Å². The minimum Gasteiger partial charge on any atom is -0.423 e. The lowest BCUT2D eigenvalue weighted by molar-refractivity contribution is 0.427. The minimum atomic E-state index is 0.331. The second-order valence-electron chi connectivity index (χ2n) is 4.70. The van der Waals surface area contributed by atoms with Crippen molar-refractivity contribution in [3.05, 3.63) is 54.6 Å². The van der Waals surface area contributed by atoms with E-state index >= 15 is 0 Å². The normalized spacial score (nSPS) is 10.4. The van der Waals surface area contributed by atoms with Crippen molar-refractivity contribution in [2.24, 2.45) is 0 Å². The molecule has 0 N–H and O–H groups in total. The zero-order chi connectivity index (χ0) is 14.7. The number of aromatic nitrogens is 4. The highest BCUT2D eigenvalue weighted by atomic mass is 16.5. The number of para-hydroxylation sites is 1. The predicted octanol–water partition coefficient (Wildman–Crippen LogP) is 2.52. The van der Waals surface area contributed by atoms with Gasteiger partial charge in [0.1, 0.15) is 5.75 Å². The maximum absolute atomic E-state index is 5.79. The van der Waals surface area contributed by atoms with E-state index in [-0.39, 0.29) is 0 Å². The maximum atomic E-state index is 5.79. The fourth-order valence-electron chi connectivity index (χ4n) is 1.90. The van der Waals surface area contributed by atoms with Crippen molar-refractivity contribution in [2.45, 2.75) is 0 Å². The molecule has 0 bridgehead atoms. The Bertz CT molecular complexity index is 724. The van der Waals surface area contributed by atoms with Crippen LogP contribution >= 0.6 is 0 Å². The lowest BCUT2D eigenvalue weighted by atomic mass is 10.3. The van der Waals surface area contributed by atoms with Crippen LogP contribution in [-0.4, -0.2) is 34.3 Å². The predicted molar refractivity (Wildman–Crippen MR) is 80.0 cm³/mol. The molecular weight excluding hydrogens is 266 g/mol. The van der Waals surface area contributed by atoms with Crippen molar-refractivity contribution in [3.8, 4) is 17.4 Å². The van der Waals surface area contributed by atoms with Gasteiger partial charge in [-0.25, -0.2) is 0 Å². The van der Waals surface area contributed by atoms with Gasteiger partial charge in [0.15, 0.2) is 0 Å². The molecule has 106 valence electrons. The molecular formula is C15H15N5O. The van der Waals surface area contributed by atoms with Gasteiger partial charge in [-0.3, -0.25) is 0 Å². The Hall–Kier alpha value is -2.89. The van der Waals surface area contributed by atoms with E-state index in [4.69, 9.17) is 4.74 Å². The molecule has 0 aliphatic carbocycles. The topological polar surface area (TPSA) is 56.1 Å². The van der Waals surface area contributed by atoms with E-state index in [2.05, 4.69) is 15.5 Å². The molecule has 21 heavy (non-hydrogen) atoms. The Morgan fingerprint density at radius 1 is 1.00 bits per heavy atom. The minimum absolute atomic E-state index is 0.331. The number of hydrogen-bond acceptors (Lipinski definition) is 5. The quantitative estimate of drug-likeness (QED) is 0.735. The monoisotopic (exact) mass is 281 g/mol. The van der Waals surface area contributed by atoms with Gasteiger partial charge in [-0.05, 0) is 34.7 Å². The molecule has 0 unspecified atom stereocenters. The van der Waals surface area contributed by atoms with Gasteiger partial charge in [-0.1, -0.05) is 29.4 Å². The molecule has 0 aliphatic heterocycles. The lowest BCUT2D eigenvalue weighted by Crippen LogP contribution is -2.08. The molecule has 0 aliphatic rings. The van der Waals surface area contributed by atoms with Crippen LogP contribution in [0.3, 0.4) is 0 Å². The molecule has 0 saturated carbocycles. The molecule has 0 atom stereocenters. The first-order chi connectivity index (χ1) is 10.2. The van der Waals surface area contributed by atoms with Crippen LogP contribution in [0.25, 0.3) is 5.69 Å². The van der Waals surface area contributed by atoms with E-state index in [0.29, 0.717) is 11.8 Å². The highest BCUT2D eigenvalue weighted by Crippen LogP contribution is 2.24. The number of hydrogen-bond donors (Lipinski definition) is 0. The van der Waals surface area contributed by atoms with Crippen molar-refractivity contribution in [3.63, 3.8) is 0 Å². The third kappa shape index (κ3) is 2.84. The number of nitrogens with zero attached hydrogens (tertiary/aromatic N) is 5. The average Bonchev–Trinajstić information content (AvgIpc) is 2.96. The molecule has 0 radical (unpaired) electrons. The third-order valence-electron chi connectivity index (χ3n) is 2.98. The van der Waals surface area contributed by atoms with Crippen LogP contribution in [0.2, 0.25) is 0 Å². The molecule has 0 fully saturated rings. The summed E-state index contributed by atoms with van der Waals surface area (Å²) < 4.78 is 7.35. The second-order valence-corrected chi connectivity index (χ2v) is 4.70. The molecule has 6 nitrogen and oxygen atoms in total. The van der Waals surface area contributed by atoms with Gasteiger partial charge in [0.05, 0.1) is 5.69 Å². The Morgan fingerprint density at radius 3 is 2.57 bits per heavy atom. The van der Waals surface area contributed by atoms with Gasteiger partial charge in [-0.2, -0.15) is 4.68 Å². The zero-order valence-corrected chi connectivity index (χ0v) is 11.8. The van der Waals surface area contributed by atoms with Crippen LogP contribution in [0.15, 0.2) is 54.6 Å². The molecule has 0 saturated heterocycles. The molecule has 1 aromatic heterocycles. The molecule has 6 heteroatoms. The Kier molecular flexibility index (Phi) is 3.51. The number of benzene rings is 2. The molecule has 2 aromatic carbocycles. The largest absolute Gasteiger partial charge is 0.423 e. The molecule has 3 rings (SSSR count). The average molecular weight is 281 g/mol. The van der Waals surface area contributed by atoms with Crippen LogP contribution in [0.5, 0.6) is 11.8 Å². The van der Waals surface area contributed by atoms with Gasteiger partial charge in [0.25, 0.3) is 0 Å². The van der Waals surface area contributed by atoms with Crippen molar-refractivity contribution >= 4 is 5.69 Å². The number of rotatable bonds is 4. The first-order valence-electron chi connectivity index (χ1n) is 6.53.